The van der Waals surface area contributed by atoms with Crippen molar-refractivity contribution in [2.75, 3.05) is 7.11 Å². The number of hydrogen-bond acceptors (Lipinski definition) is 3. The van der Waals surface area contributed by atoms with Gasteiger partial charge in [0.25, 0.3) is 0 Å². The van der Waals surface area contributed by atoms with E-state index in [4.69, 9.17) is 9.47 Å². The van der Waals surface area contributed by atoms with Gasteiger partial charge in [-0.15, -0.1) is 0 Å². The highest BCUT2D eigenvalue weighted by molar-refractivity contribution is 5.68. The zero-order chi connectivity index (χ0) is 11.5. The molecule has 0 aromatic carbocycles. The summed E-state index contributed by atoms with van der Waals surface area (Å²) < 4.78 is 10.5. The molecule has 1 amide bonds. The first-order valence-electron chi connectivity index (χ1n) is 5.44. The molecule has 88 valence electrons. The normalized spacial score (nSPS) is 26.4. The molecular weight excluding hydrogens is 194 g/mol. The molecule has 1 fully saturated rings. The van der Waals surface area contributed by atoms with Crippen molar-refractivity contribution in [1.29, 1.82) is 0 Å². The molecule has 0 heterocycles. The molecule has 1 saturated carbocycles. The Morgan fingerprint density at radius 3 is 2.53 bits per heavy atom. The SMILES string of the molecule is CO[C@@H]1CCCC1NC(=O)OC(C)(C)C. The lowest BCUT2D eigenvalue weighted by atomic mass is 10.2. The van der Waals surface area contributed by atoms with E-state index in [-0.39, 0.29) is 18.2 Å². The molecule has 1 aliphatic carbocycles. The Labute approximate surface area is 91.3 Å². The third-order valence-electron chi connectivity index (χ3n) is 2.46. The summed E-state index contributed by atoms with van der Waals surface area (Å²) in [6.07, 6.45) is 2.86. The Kier molecular flexibility index (Phi) is 3.97. The predicted octanol–water partition coefficient (Wildman–Crippen LogP) is 2.08. The average molecular weight is 215 g/mol. The van der Waals surface area contributed by atoms with Crippen LogP contribution in [0.5, 0.6) is 0 Å². The van der Waals surface area contributed by atoms with Gasteiger partial charge in [-0.05, 0) is 40.0 Å². The number of methoxy groups -OCH3 is 1. The van der Waals surface area contributed by atoms with Crippen LogP contribution in [0, 0.1) is 0 Å². The highest BCUT2D eigenvalue weighted by Crippen LogP contribution is 2.21. The summed E-state index contributed by atoms with van der Waals surface area (Å²) >= 11 is 0. The van der Waals surface area contributed by atoms with Gasteiger partial charge in [0, 0.05) is 7.11 Å². The minimum absolute atomic E-state index is 0.102. The molecule has 0 aromatic heterocycles. The Morgan fingerprint density at radius 2 is 2.00 bits per heavy atom. The van der Waals surface area contributed by atoms with Gasteiger partial charge in [0.2, 0.25) is 0 Å². The van der Waals surface area contributed by atoms with Crippen LogP contribution in [-0.2, 0) is 9.47 Å². The van der Waals surface area contributed by atoms with Gasteiger partial charge in [0.05, 0.1) is 12.1 Å². The number of rotatable bonds is 2. The summed E-state index contributed by atoms with van der Waals surface area (Å²) in [6.45, 7) is 5.57. The van der Waals surface area contributed by atoms with Crippen LogP contribution in [-0.4, -0.2) is 30.9 Å². The van der Waals surface area contributed by atoms with Gasteiger partial charge < -0.3 is 14.8 Å². The first-order chi connectivity index (χ1) is 6.92. The first-order valence-corrected chi connectivity index (χ1v) is 5.44. The molecule has 1 rings (SSSR count). The van der Waals surface area contributed by atoms with Crippen LogP contribution < -0.4 is 5.32 Å². The van der Waals surface area contributed by atoms with Crippen LogP contribution in [0.1, 0.15) is 40.0 Å². The zero-order valence-electron chi connectivity index (χ0n) is 10.0. The Balaban J connectivity index is 2.37. The lowest BCUT2D eigenvalue weighted by molar-refractivity contribution is 0.0392. The number of carbonyl (C=O) groups excluding carboxylic acids is 1. The summed E-state index contributed by atoms with van der Waals surface area (Å²) in [5, 5.41) is 2.85. The van der Waals surface area contributed by atoms with Crippen LogP contribution in [0.15, 0.2) is 0 Å². The van der Waals surface area contributed by atoms with E-state index in [1.54, 1.807) is 7.11 Å². The number of ether oxygens (including phenoxy) is 2. The first kappa shape index (κ1) is 12.3. The standard InChI is InChI=1S/C11H21NO3/c1-11(2,3)15-10(13)12-8-6-5-7-9(8)14-4/h8-9H,5-7H2,1-4H3,(H,12,13)/t8?,9-/m1/s1. The third kappa shape index (κ3) is 4.08. The highest BCUT2D eigenvalue weighted by atomic mass is 16.6. The molecule has 2 atom stereocenters. The average Bonchev–Trinajstić information content (AvgIpc) is 2.48. The van der Waals surface area contributed by atoms with E-state index >= 15 is 0 Å². The van der Waals surface area contributed by atoms with Crippen molar-refractivity contribution in [1.82, 2.24) is 5.32 Å². The van der Waals surface area contributed by atoms with Gasteiger partial charge in [-0.25, -0.2) is 4.79 Å². The molecule has 4 nitrogen and oxygen atoms in total. The minimum atomic E-state index is -0.439. The van der Waals surface area contributed by atoms with Crippen LogP contribution in [0.25, 0.3) is 0 Å². The van der Waals surface area contributed by atoms with Gasteiger partial charge in [-0.3, -0.25) is 0 Å². The quantitative estimate of drug-likeness (QED) is 0.767. The minimum Gasteiger partial charge on any atom is -0.444 e. The number of alkyl carbamates (subject to hydrolysis) is 1. The van der Waals surface area contributed by atoms with Gasteiger partial charge in [0.15, 0.2) is 0 Å². The van der Waals surface area contributed by atoms with Gasteiger partial charge in [-0.1, -0.05) is 0 Å². The maximum Gasteiger partial charge on any atom is 0.407 e. The van der Waals surface area contributed by atoms with Crippen LogP contribution >= 0.6 is 0 Å². The second-order valence-corrected chi connectivity index (χ2v) is 4.96. The molecule has 15 heavy (non-hydrogen) atoms. The van der Waals surface area contributed by atoms with E-state index in [0.29, 0.717) is 0 Å². The second kappa shape index (κ2) is 4.84. The molecule has 0 radical (unpaired) electrons. The summed E-state index contributed by atoms with van der Waals surface area (Å²) in [5.74, 6) is 0. The summed E-state index contributed by atoms with van der Waals surface area (Å²) in [7, 11) is 1.68. The van der Waals surface area contributed by atoms with Gasteiger partial charge in [-0.2, -0.15) is 0 Å². The molecule has 1 aliphatic rings. The van der Waals surface area contributed by atoms with E-state index in [9.17, 15) is 4.79 Å². The van der Waals surface area contributed by atoms with Gasteiger partial charge in [0.1, 0.15) is 5.60 Å². The molecule has 0 aromatic rings. The smallest absolute Gasteiger partial charge is 0.407 e. The van der Waals surface area contributed by atoms with Crippen molar-refractivity contribution in [3.05, 3.63) is 0 Å². The highest BCUT2D eigenvalue weighted by Gasteiger charge is 2.29. The van der Waals surface area contributed by atoms with Crippen molar-refractivity contribution < 1.29 is 14.3 Å². The molecule has 0 bridgehead atoms. The van der Waals surface area contributed by atoms with E-state index in [0.717, 1.165) is 19.3 Å². The molecule has 0 spiro atoms. The molecule has 1 unspecified atom stereocenters. The topological polar surface area (TPSA) is 47.6 Å². The van der Waals surface area contributed by atoms with Crippen molar-refractivity contribution >= 4 is 6.09 Å². The van der Waals surface area contributed by atoms with Crippen molar-refractivity contribution in [3.63, 3.8) is 0 Å². The maximum absolute atomic E-state index is 11.5. The van der Waals surface area contributed by atoms with Crippen LogP contribution in [0.2, 0.25) is 0 Å². The maximum atomic E-state index is 11.5. The number of nitrogens with one attached hydrogen (secondary N) is 1. The monoisotopic (exact) mass is 215 g/mol. The lowest BCUT2D eigenvalue weighted by Crippen LogP contribution is -2.43. The van der Waals surface area contributed by atoms with E-state index in [2.05, 4.69) is 5.32 Å². The second-order valence-electron chi connectivity index (χ2n) is 4.96. The molecular formula is C11H21NO3. The zero-order valence-corrected chi connectivity index (χ0v) is 10.0. The van der Waals surface area contributed by atoms with E-state index < -0.39 is 5.60 Å². The Bertz CT molecular complexity index is 222. The largest absolute Gasteiger partial charge is 0.444 e. The van der Waals surface area contributed by atoms with Crippen molar-refractivity contribution in [2.45, 2.75) is 57.8 Å². The summed E-state index contributed by atoms with van der Waals surface area (Å²) in [5.41, 5.74) is -0.439. The van der Waals surface area contributed by atoms with Crippen molar-refractivity contribution in [3.8, 4) is 0 Å². The van der Waals surface area contributed by atoms with Gasteiger partial charge >= 0.3 is 6.09 Å². The molecule has 4 heteroatoms. The lowest BCUT2D eigenvalue weighted by Gasteiger charge is -2.24. The molecule has 1 N–H and O–H groups in total. The third-order valence-corrected chi connectivity index (χ3v) is 2.46. The fourth-order valence-electron chi connectivity index (χ4n) is 1.83. The molecule has 0 saturated heterocycles. The summed E-state index contributed by atoms with van der Waals surface area (Å²) in [4.78, 5) is 11.5. The Hall–Kier alpha value is -0.770. The van der Waals surface area contributed by atoms with E-state index in [1.165, 1.54) is 0 Å². The predicted molar refractivity (Wildman–Crippen MR) is 57.8 cm³/mol. The summed E-state index contributed by atoms with van der Waals surface area (Å²) in [6, 6.07) is 0.102. The van der Waals surface area contributed by atoms with E-state index in [1.807, 2.05) is 20.8 Å². The fourth-order valence-corrected chi connectivity index (χ4v) is 1.83. The number of amides is 1. The van der Waals surface area contributed by atoms with Crippen molar-refractivity contribution in [2.24, 2.45) is 0 Å². The van der Waals surface area contributed by atoms with Crippen LogP contribution in [0.3, 0.4) is 0 Å². The number of hydrogen-bond donors (Lipinski definition) is 1. The molecule has 0 aliphatic heterocycles. The number of carbonyl (C=O) groups is 1. The Morgan fingerprint density at radius 1 is 1.33 bits per heavy atom. The van der Waals surface area contributed by atoms with Crippen LogP contribution in [0.4, 0.5) is 4.79 Å². The fraction of sp³-hybridized carbons (Fsp3) is 0.909.